The zero-order valence-electron chi connectivity index (χ0n) is 15.8. The number of fused-ring (bicyclic) bond motifs is 1. The fraction of sp³-hybridized carbons (Fsp3) is 0.150. The van der Waals surface area contributed by atoms with Crippen molar-refractivity contribution in [1.82, 2.24) is 13.9 Å². The third kappa shape index (κ3) is 3.66. The highest BCUT2D eigenvalue weighted by atomic mass is 32.2. The summed E-state index contributed by atoms with van der Waals surface area (Å²) in [5, 5.41) is 9.69. The standard InChI is InChI=1S/C20H17N3O5S2/c1-28-15-3-4-17-16(8-15)13(2-6-19(24)25)11-23(17)30(26,27)20-7-5-18(29-20)14-9-21-12-22-10-14/h3-5,7-12H,2,6H2,1H3,(H,24,25). The van der Waals surface area contributed by atoms with Crippen LogP contribution in [0.25, 0.3) is 21.3 Å². The van der Waals surface area contributed by atoms with E-state index in [1.807, 2.05) is 0 Å². The summed E-state index contributed by atoms with van der Waals surface area (Å²) in [6.45, 7) is 0. The Morgan fingerprint density at radius 3 is 2.67 bits per heavy atom. The lowest BCUT2D eigenvalue weighted by atomic mass is 10.1. The van der Waals surface area contributed by atoms with E-state index in [-0.39, 0.29) is 17.1 Å². The molecule has 0 saturated heterocycles. The van der Waals surface area contributed by atoms with Gasteiger partial charge in [-0.1, -0.05) is 0 Å². The molecular weight excluding hydrogens is 426 g/mol. The first-order valence-corrected chi connectivity index (χ1v) is 11.2. The summed E-state index contributed by atoms with van der Waals surface area (Å²) in [5.41, 5.74) is 1.82. The normalized spacial score (nSPS) is 11.6. The molecule has 3 aromatic heterocycles. The minimum Gasteiger partial charge on any atom is -0.497 e. The lowest BCUT2D eigenvalue weighted by Crippen LogP contribution is -2.10. The lowest BCUT2D eigenvalue weighted by molar-refractivity contribution is -0.136. The minimum absolute atomic E-state index is 0.104. The molecule has 10 heteroatoms. The summed E-state index contributed by atoms with van der Waals surface area (Å²) in [7, 11) is -2.36. The van der Waals surface area contributed by atoms with Gasteiger partial charge >= 0.3 is 5.97 Å². The van der Waals surface area contributed by atoms with Crippen LogP contribution in [0.1, 0.15) is 12.0 Å². The van der Waals surface area contributed by atoms with Gasteiger partial charge in [0.2, 0.25) is 0 Å². The summed E-state index contributed by atoms with van der Waals surface area (Å²) in [6.07, 6.45) is 6.25. The van der Waals surface area contributed by atoms with Gasteiger partial charge in [0.15, 0.2) is 0 Å². The first-order chi connectivity index (χ1) is 14.4. The Morgan fingerprint density at radius 1 is 1.20 bits per heavy atom. The number of benzene rings is 1. The van der Waals surface area contributed by atoms with Gasteiger partial charge in [0.05, 0.1) is 12.6 Å². The fourth-order valence-corrected chi connectivity index (χ4v) is 5.91. The zero-order valence-corrected chi connectivity index (χ0v) is 17.5. The van der Waals surface area contributed by atoms with Crippen LogP contribution >= 0.6 is 11.3 Å². The Balaban J connectivity index is 1.81. The van der Waals surface area contributed by atoms with Crippen LogP contribution in [0.15, 0.2) is 59.5 Å². The highest BCUT2D eigenvalue weighted by molar-refractivity contribution is 7.92. The van der Waals surface area contributed by atoms with Crippen molar-refractivity contribution in [2.75, 3.05) is 7.11 Å². The molecule has 30 heavy (non-hydrogen) atoms. The Hall–Kier alpha value is -3.24. The molecule has 0 radical (unpaired) electrons. The Labute approximate surface area is 176 Å². The molecule has 0 saturated carbocycles. The third-order valence-corrected chi connectivity index (χ3v) is 7.88. The number of carbonyl (C=O) groups is 1. The predicted molar refractivity (Wildman–Crippen MR) is 112 cm³/mol. The molecule has 0 atom stereocenters. The van der Waals surface area contributed by atoms with Crippen molar-refractivity contribution in [3.63, 3.8) is 0 Å². The van der Waals surface area contributed by atoms with Crippen molar-refractivity contribution < 1.29 is 23.1 Å². The Morgan fingerprint density at radius 2 is 1.97 bits per heavy atom. The number of nitrogens with zero attached hydrogens (tertiary/aromatic N) is 3. The summed E-state index contributed by atoms with van der Waals surface area (Å²) in [6, 6.07) is 8.33. The molecule has 3 heterocycles. The molecule has 1 aromatic carbocycles. The minimum atomic E-state index is -3.88. The maximum absolute atomic E-state index is 13.4. The van der Waals surface area contributed by atoms with Crippen LogP contribution in [0.3, 0.4) is 0 Å². The zero-order chi connectivity index (χ0) is 21.3. The van der Waals surface area contributed by atoms with Gasteiger partial charge in [-0.2, -0.15) is 8.42 Å². The van der Waals surface area contributed by atoms with Crippen molar-refractivity contribution in [2.24, 2.45) is 0 Å². The largest absolute Gasteiger partial charge is 0.497 e. The van der Waals surface area contributed by atoms with Crippen LogP contribution in [0.5, 0.6) is 5.75 Å². The molecule has 0 amide bonds. The lowest BCUT2D eigenvalue weighted by Gasteiger charge is -2.06. The van der Waals surface area contributed by atoms with Gasteiger partial charge < -0.3 is 9.84 Å². The van der Waals surface area contributed by atoms with Gasteiger partial charge in [0, 0.05) is 40.8 Å². The second-order valence-corrected chi connectivity index (χ2v) is 9.60. The first kappa shape index (κ1) is 20.0. The monoisotopic (exact) mass is 443 g/mol. The fourth-order valence-electron chi connectivity index (χ4n) is 3.15. The molecule has 0 spiro atoms. The maximum Gasteiger partial charge on any atom is 0.303 e. The van der Waals surface area contributed by atoms with E-state index in [0.29, 0.717) is 22.2 Å². The Bertz CT molecular complexity index is 1330. The molecule has 1 N–H and O–H groups in total. The Kier molecular flexibility index (Phi) is 5.27. The average Bonchev–Trinajstić information content (AvgIpc) is 3.38. The number of ether oxygens (including phenoxy) is 1. The number of hydrogen-bond acceptors (Lipinski definition) is 7. The molecule has 0 bridgehead atoms. The molecule has 4 rings (SSSR count). The SMILES string of the molecule is COc1ccc2c(c1)c(CCC(=O)O)cn2S(=O)(=O)c1ccc(-c2cncnc2)s1. The average molecular weight is 444 g/mol. The van der Waals surface area contributed by atoms with Gasteiger partial charge in [-0.25, -0.2) is 13.9 Å². The van der Waals surface area contributed by atoms with E-state index in [9.17, 15) is 13.2 Å². The molecule has 4 aromatic rings. The van der Waals surface area contributed by atoms with E-state index in [2.05, 4.69) is 9.97 Å². The third-order valence-electron chi connectivity index (χ3n) is 4.61. The summed E-state index contributed by atoms with van der Waals surface area (Å²) < 4.78 is 33.4. The van der Waals surface area contributed by atoms with Crippen molar-refractivity contribution in [2.45, 2.75) is 17.1 Å². The highest BCUT2D eigenvalue weighted by Gasteiger charge is 2.24. The number of hydrogen-bond donors (Lipinski definition) is 1. The molecule has 0 fully saturated rings. The van der Waals surface area contributed by atoms with E-state index in [0.717, 1.165) is 21.8 Å². The molecule has 8 nitrogen and oxygen atoms in total. The topological polar surface area (TPSA) is 111 Å². The van der Waals surface area contributed by atoms with E-state index < -0.39 is 16.0 Å². The number of aryl methyl sites for hydroxylation is 1. The van der Waals surface area contributed by atoms with E-state index in [1.165, 1.54) is 23.6 Å². The molecule has 154 valence electrons. The van der Waals surface area contributed by atoms with Crippen LogP contribution < -0.4 is 4.74 Å². The summed E-state index contributed by atoms with van der Waals surface area (Å²) in [5.74, 6) is -0.383. The summed E-state index contributed by atoms with van der Waals surface area (Å²) >= 11 is 1.12. The van der Waals surface area contributed by atoms with Crippen molar-refractivity contribution in [1.29, 1.82) is 0 Å². The van der Waals surface area contributed by atoms with Crippen molar-refractivity contribution in [3.8, 4) is 16.2 Å². The number of aliphatic carboxylic acids is 1. The van der Waals surface area contributed by atoms with Gasteiger partial charge in [0.25, 0.3) is 10.0 Å². The van der Waals surface area contributed by atoms with Gasteiger partial charge in [-0.15, -0.1) is 11.3 Å². The number of rotatable bonds is 7. The molecule has 0 unspecified atom stereocenters. The van der Waals surface area contributed by atoms with E-state index in [1.54, 1.807) is 42.7 Å². The van der Waals surface area contributed by atoms with Gasteiger partial charge in [-0.3, -0.25) is 4.79 Å². The van der Waals surface area contributed by atoms with Crippen molar-refractivity contribution in [3.05, 3.63) is 60.8 Å². The number of thiophene rings is 1. The quantitative estimate of drug-likeness (QED) is 0.466. The van der Waals surface area contributed by atoms with Crippen LogP contribution in [0.2, 0.25) is 0 Å². The van der Waals surface area contributed by atoms with Crippen LogP contribution in [0.4, 0.5) is 0 Å². The van der Waals surface area contributed by atoms with Crippen LogP contribution in [0, 0.1) is 0 Å². The number of carboxylic acids is 1. The van der Waals surface area contributed by atoms with Crippen LogP contribution in [-0.2, 0) is 21.2 Å². The van der Waals surface area contributed by atoms with Crippen molar-refractivity contribution >= 4 is 38.2 Å². The molecule has 0 aliphatic rings. The van der Waals surface area contributed by atoms with Gasteiger partial charge in [-0.05, 0) is 42.3 Å². The highest BCUT2D eigenvalue weighted by Crippen LogP contribution is 2.34. The summed E-state index contributed by atoms with van der Waals surface area (Å²) in [4.78, 5) is 19.7. The maximum atomic E-state index is 13.4. The predicted octanol–water partition coefficient (Wildman–Crippen LogP) is 3.42. The van der Waals surface area contributed by atoms with Gasteiger partial charge in [0.1, 0.15) is 16.3 Å². The molecule has 0 aliphatic carbocycles. The molecule has 0 aliphatic heterocycles. The van der Waals surface area contributed by atoms with E-state index in [4.69, 9.17) is 9.84 Å². The number of carboxylic acid groups (broad SMARTS) is 1. The first-order valence-electron chi connectivity index (χ1n) is 8.90. The number of aromatic nitrogens is 3. The second kappa shape index (κ2) is 7.88. The molecular formula is C20H17N3O5S2. The second-order valence-electron chi connectivity index (χ2n) is 6.48. The smallest absolute Gasteiger partial charge is 0.303 e. The van der Waals surface area contributed by atoms with Crippen LogP contribution in [-0.4, -0.2) is 40.5 Å². The number of methoxy groups -OCH3 is 1. The van der Waals surface area contributed by atoms with E-state index >= 15 is 0 Å².